The summed E-state index contributed by atoms with van der Waals surface area (Å²) in [5.74, 6) is 0.0581. The second kappa shape index (κ2) is 3.60. The molecule has 0 atom stereocenters. The van der Waals surface area contributed by atoms with E-state index in [0.29, 0.717) is 11.0 Å². The largest absolute Gasteiger partial charge is 0.295 e. The van der Waals surface area contributed by atoms with Gasteiger partial charge in [0.15, 0.2) is 5.78 Å². The smallest absolute Gasteiger partial charge is 0.159 e. The molecule has 1 aromatic carbocycles. The quantitative estimate of drug-likeness (QED) is 0.484. The van der Waals surface area contributed by atoms with Gasteiger partial charge >= 0.3 is 0 Å². The molecule has 0 unspecified atom stereocenters. The molecule has 2 heteroatoms. The first kappa shape index (κ1) is 11.0. The lowest BCUT2D eigenvalue weighted by molar-refractivity contribution is 0.101. The fourth-order valence-electron chi connectivity index (χ4n) is 1.29. The minimum Gasteiger partial charge on any atom is -0.295 e. The van der Waals surface area contributed by atoms with Gasteiger partial charge in [0.05, 0.1) is 0 Å². The minimum absolute atomic E-state index is 0.0274. The van der Waals surface area contributed by atoms with E-state index in [-0.39, 0.29) is 11.2 Å². The van der Waals surface area contributed by atoms with Gasteiger partial charge in [-0.3, -0.25) is 4.79 Å². The number of rotatable bonds is 1. The number of Topliss-reactive ketones (excluding diaryl/α,β-unsaturated/α-hetero) is 1. The highest BCUT2D eigenvalue weighted by atomic mass is 16.1. The number of carbonyl (C=O) groups is 1. The van der Waals surface area contributed by atoms with Gasteiger partial charge in [-0.1, -0.05) is 38.4 Å². The van der Waals surface area contributed by atoms with Gasteiger partial charge in [-0.05, 0) is 24.0 Å². The topological polar surface area (TPSA) is 17.1 Å². The highest BCUT2D eigenvalue weighted by Gasteiger charge is 2.15. The van der Waals surface area contributed by atoms with Crippen LogP contribution in [0.2, 0.25) is 0 Å². The van der Waals surface area contributed by atoms with E-state index in [1.807, 2.05) is 12.1 Å². The van der Waals surface area contributed by atoms with Gasteiger partial charge in [-0.15, -0.1) is 0 Å². The average molecular weight is 186 g/mol. The third-order valence-electron chi connectivity index (χ3n) is 2.23. The summed E-state index contributed by atoms with van der Waals surface area (Å²) in [6.45, 7) is 7.87. The van der Waals surface area contributed by atoms with Gasteiger partial charge in [0.2, 0.25) is 0 Å². The molecule has 0 N–H and O–H groups in total. The van der Waals surface area contributed by atoms with Crippen LogP contribution in [-0.4, -0.2) is 13.6 Å². The highest BCUT2D eigenvalue weighted by Crippen LogP contribution is 2.22. The zero-order valence-corrected chi connectivity index (χ0v) is 9.22. The summed E-state index contributed by atoms with van der Waals surface area (Å²) in [6, 6.07) is 5.56. The number of benzene rings is 1. The first-order chi connectivity index (χ1) is 6.30. The molecule has 0 saturated carbocycles. The molecule has 1 aromatic rings. The van der Waals surface area contributed by atoms with Gasteiger partial charge in [0.25, 0.3) is 0 Å². The van der Waals surface area contributed by atoms with Crippen molar-refractivity contribution in [2.75, 3.05) is 0 Å². The molecule has 0 fully saturated rings. The summed E-state index contributed by atoms with van der Waals surface area (Å²) in [5.41, 5.74) is 2.47. The zero-order valence-electron chi connectivity index (χ0n) is 9.22. The molecule has 0 amide bonds. The lowest BCUT2D eigenvalue weighted by Crippen LogP contribution is -2.17. The Morgan fingerprint density at radius 3 is 2.21 bits per heavy atom. The molecule has 1 rings (SSSR count). The van der Waals surface area contributed by atoms with Gasteiger partial charge in [0, 0.05) is 5.56 Å². The summed E-state index contributed by atoms with van der Waals surface area (Å²) in [6.07, 6.45) is 0. The number of hydrogen-bond donors (Lipinski definition) is 0. The molecule has 0 saturated heterocycles. The van der Waals surface area contributed by atoms with E-state index in [4.69, 9.17) is 7.85 Å². The maximum Gasteiger partial charge on any atom is 0.159 e. The van der Waals surface area contributed by atoms with E-state index in [2.05, 4.69) is 20.8 Å². The van der Waals surface area contributed by atoms with Crippen molar-refractivity contribution in [1.82, 2.24) is 0 Å². The molecule has 1 nitrogen and oxygen atoms in total. The molecule has 0 aromatic heterocycles. The van der Waals surface area contributed by atoms with Crippen LogP contribution in [-0.2, 0) is 5.41 Å². The van der Waals surface area contributed by atoms with Crippen LogP contribution in [0.1, 0.15) is 43.6 Å². The minimum atomic E-state index is 0.0274. The molecule has 0 bridgehead atoms. The van der Waals surface area contributed by atoms with E-state index in [1.54, 1.807) is 13.0 Å². The highest BCUT2D eigenvalue weighted by molar-refractivity contribution is 6.32. The van der Waals surface area contributed by atoms with E-state index in [0.717, 1.165) is 5.56 Å². The fourth-order valence-corrected chi connectivity index (χ4v) is 1.29. The lowest BCUT2D eigenvalue weighted by atomic mass is 9.81. The summed E-state index contributed by atoms with van der Waals surface area (Å²) in [7, 11) is 5.74. The molecule has 0 aliphatic rings. The van der Waals surface area contributed by atoms with E-state index < -0.39 is 0 Å². The van der Waals surface area contributed by atoms with Crippen molar-refractivity contribution in [1.29, 1.82) is 0 Å². The van der Waals surface area contributed by atoms with E-state index in [1.165, 1.54) is 0 Å². The average Bonchev–Trinajstić information content (AvgIpc) is 2.01. The van der Waals surface area contributed by atoms with Gasteiger partial charge < -0.3 is 0 Å². The Balaban J connectivity index is 3.28. The van der Waals surface area contributed by atoms with Crippen molar-refractivity contribution in [2.24, 2.45) is 0 Å². The molecule has 0 spiro atoms. The maximum absolute atomic E-state index is 11.2. The first-order valence-corrected chi connectivity index (χ1v) is 4.72. The van der Waals surface area contributed by atoms with Gasteiger partial charge in [-0.25, -0.2) is 0 Å². The van der Waals surface area contributed by atoms with Crippen molar-refractivity contribution >= 4 is 19.1 Å². The van der Waals surface area contributed by atoms with Crippen molar-refractivity contribution in [2.45, 2.75) is 33.1 Å². The molecule has 0 aliphatic carbocycles. The summed E-state index contributed by atoms with van der Waals surface area (Å²) in [5, 5.41) is 0. The van der Waals surface area contributed by atoms with Crippen molar-refractivity contribution in [3.05, 3.63) is 29.3 Å². The molecular formula is C12H15BO. The van der Waals surface area contributed by atoms with Gasteiger partial charge in [-0.2, -0.15) is 0 Å². The monoisotopic (exact) mass is 186 g/mol. The van der Waals surface area contributed by atoms with Crippen molar-refractivity contribution in [3.8, 4) is 0 Å². The normalized spacial score (nSPS) is 11.4. The molecule has 14 heavy (non-hydrogen) atoms. The van der Waals surface area contributed by atoms with Crippen molar-refractivity contribution < 1.29 is 4.79 Å². The molecule has 0 aliphatic heterocycles. The second-order valence-electron chi connectivity index (χ2n) is 4.65. The SMILES string of the molecule is [B]c1cc(C(C)=O)cc(C(C)(C)C)c1. The van der Waals surface area contributed by atoms with Gasteiger partial charge in [0.1, 0.15) is 7.85 Å². The zero-order chi connectivity index (χ0) is 10.9. The third kappa shape index (κ3) is 2.47. The second-order valence-corrected chi connectivity index (χ2v) is 4.65. The molecule has 2 radical (unpaired) electrons. The van der Waals surface area contributed by atoms with Crippen LogP contribution in [0.25, 0.3) is 0 Å². The number of hydrogen-bond acceptors (Lipinski definition) is 1. The molecular weight excluding hydrogens is 171 g/mol. The van der Waals surface area contributed by atoms with Crippen LogP contribution < -0.4 is 5.46 Å². The van der Waals surface area contributed by atoms with Crippen LogP contribution >= 0.6 is 0 Å². The van der Waals surface area contributed by atoms with Crippen LogP contribution in [0.15, 0.2) is 18.2 Å². The standard InChI is InChI=1S/C12H15BO/c1-8(14)9-5-10(12(2,3)4)7-11(13)6-9/h5-7H,1-4H3. The number of ketones is 1. The summed E-state index contributed by atoms with van der Waals surface area (Å²) in [4.78, 5) is 11.2. The van der Waals surface area contributed by atoms with Crippen molar-refractivity contribution in [3.63, 3.8) is 0 Å². The van der Waals surface area contributed by atoms with Crippen LogP contribution in [0.3, 0.4) is 0 Å². The molecule has 0 heterocycles. The molecule has 72 valence electrons. The fraction of sp³-hybridized carbons (Fsp3) is 0.417. The first-order valence-electron chi connectivity index (χ1n) is 4.72. The van der Waals surface area contributed by atoms with Crippen LogP contribution in [0, 0.1) is 0 Å². The maximum atomic E-state index is 11.2. The third-order valence-corrected chi connectivity index (χ3v) is 2.23. The number of carbonyl (C=O) groups excluding carboxylic acids is 1. The Morgan fingerprint density at radius 1 is 1.21 bits per heavy atom. The predicted molar refractivity (Wildman–Crippen MR) is 60.5 cm³/mol. The predicted octanol–water partition coefficient (Wildman–Crippen LogP) is 1.98. The summed E-state index contributed by atoms with van der Waals surface area (Å²) >= 11 is 0. The Bertz CT molecular complexity index is 361. The van der Waals surface area contributed by atoms with Crippen LogP contribution in [0.5, 0.6) is 0 Å². The Labute approximate surface area is 86.9 Å². The van der Waals surface area contributed by atoms with Crippen LogP contribution in [0.4, 0.5) is 0 Å². The Hall–Kier alpha value is -1.05. The Morgan fingerprint density at radius 2 is 1.79 bits per heavy atom. The Kier molecular flexibility index (Phi) is 2.84. The lowest BCUT2D eigenvalue weighted by Gasteiger charge is -2.20. The summed E-state index contributed by atoms with van der Waals surface area (Å²) < 4.78 is 0. The van der Waals surface area contributed by atoms with E-state index in [9.17, 15) is 4.79 Å². The van der Waals surface area contributed by atoms with E-state index >= 15 is 0 Å².